The minimum absolute atomic E-state index is 0.0932. The number of para-hydroxylation sites is 2. The van der Waals surface area contributed by atoms with Crippen LogP contribution in [0.15, 0.2) is 182 Å². The average molecular weight is 935 g/mol. The summed E-state index contributed by atoms with van der Waals surface area (Å²) in [6.07, 6.45) is 5.54. The number of aromatic nitrogens is 4. The molecule has 6 heteroatoms. The van der Waals surface area contributed by atoms with E-state index in [0.29, 0.717) is 34.9 Å². The lowest BCUT2D eigenvalue weighted by molar-refractivity contribution is 0.483. The highest BCUT2D eigenvalue weighted by atomic mass is 16.5. The van der Waals surface area contributed by atoms with Crippen molar-refractivity contribution in [1.29, 1.82) is 0 Å². The zero-order valence-corrected chi connectivity index (χ0v) is 40.7. The number of anilines is 2. The Balaban J connectivity index is 1.08. The van der Waals surface area contributed by atoms with Crippen LogP contribution in [-0.2, 0) is 22.9 Å². The first-order valence-electron chi connectivity index (χ1n) is 28.6. The Morgan fingerprint density at radius 2 is 1.11 bits per heavy atom. The third kappa shape index (κ3) is 7.56. The molecule has 4 aromatic heterocycles. The second-order valence-electron chi connectivity index (χ2n) is 20.9. The van der Waals surface area contributed by atoms with Crippen molar-refractivity contribution >= 4 is 76.5 Å². The number of benzene rings is 7. The van der Waals surface area contributed by atoms with E-state index in [-0.39, 0.29) is 11.0 Å². The van der Waals surface area contributed by atoms with E-state index in [1.165, 1.54) is 12.1 Å². The van der Waals surface area contributed by atoms with Crippen molar-refractivity contribution in [3.63, 3.8) is 0 Å². The second kappa shape index (κ2) is 16.3. The van der Waals surface area contributed by atoms with Gasteiger partial charge in [0.1, 0.15) is 24.0 Å². The van der Waals surface area contributed by atoms with Crippen LogP contribution in [-0.4, -0.2) is 19.1 Å². The van der Waals surface area contributed by atoms with E-state index in [4.69, 9.17) is 22.1 Å². The van der Waals surface area contributed by atoms with Gasteiger partial charge in [-0.2, -0.15) is 0 Å². The van der Waals surface area contributed by atoms with Gasteiger partial charge in [0.05, 0.1) is 34.0 Å². The SMILES string of the molecule is [2H]C([2H])([2H])C(c1cc(-c2cccc3c4ccccc4c4ccccc4c4cccc5c4n(c23)CN5c2cccc(Oc3ccc4c5ccncc5n(-c5cc(C(C)(C)C)ccn5)c4c3)c2)cc(C(C)(C)C)c1)(C([2H])([2H])[2H])C([2H])([2H])[2H]. The van der Waals surface area contributed by atoms with E-state index < -0.39 is 31.4 Å². The lowest BCUT2D eigenvalue weighted by Gasteiger charge is -2.27. The molecule has 11 aromatic rings. The van der Waals surface area contributed by atoms with Crippen LogP contribution < -0.4 is 9.64 Å². The Labute approximate surface area is 428 Å². The molecule has 350 valence electrons. The number of hydrogen-bond donors (Lipinski definition) is 0. The molecule has 71 heavy (non-hydrogen) atoms. The van der Waals surface area contributed by atoms with E-state index in [2.05, 4.69) is 125 Å². The summed E-state index contributed by atoms with van der Waals surface area (Å²) < 4.78 is 90.4. The maximum atomic E-state index is 8.80. The summed E-state index contributed by atoms with van der Waals surface area (Å²) in [6.45, 7) is 2.33. The summed E-state index contributed by atoms with van der Waals surface area (Å²) in [4.78, 5) is 11.6. The average Bonchev–Trinajstić information content (AvgIpc) is 3.97. The molecule has 0 atom stereocenters. The van der Waals surface area contributed by atoms with Crippen LogP contribution in [0, 0.1) is 0 Å². The smallest absolute Gasteiger partial charge is 0.137 e. The zero-order valence-electron chi connectivity index (χ0n) is 49.7. The molecule has 0 N–H and O–H groups in total. The van der Waals surface area contributed by atoms with Gasteiger partial charge < -0.3 is 14.2 Å². The van der Waals surface area contributed by atoms with Crippen molar-refractivity contribution in [2.45, 2.75) is 85.0 Å². The van der Waals surface area contributed by atoms with Crippen molar-refractivity contribution in [2.24, 2.45) is 0 Å². The van der Waals surface area contributed by atoms with Gasteiger partial charge in [-0.05, 0) is 109 Å². The van der Waals surface area contributed by atoms with Crippen LogP contribution in [0.3, 0.4) is 0 Å². The summed E-state index contributed by atoms with van der Waals surface area (Å²) >= 11 is 0. The molecule has 0 fully saturated rings. The molecular weight excluding hydrogens is 867 g/mol. The van der Waals surface area contributed by atoms with Crippen LogP contribution in [0.5, 0.6) is 11.5 Å². The maximum Gasteiger partial charge on any atom is 0.137 e. The minimum Gasteiger partial charge on any atom is -0.457 e. The number of nitrogens with zero attached hydrogens (tertiary/aromatic N) is 5. The number of pyridine rings is 2. The highest BCUT2D eigenvalue weighted by Gasteiger charge is 2.27. The molecule has 0 bridgehead atoms. The Bertz CT molecular complexity index is 4350. The molecule has 5 heterocycles. The minimum atomic E-state index is -3.46. The van der Waals surface area contributed by atoms with Crippen molar-refractivity contribution in [3.05, 3.63) is 199 Å². The van der Waals surface area contributed by atoms with Crippen molar-refractivity contribution < 1.29 is 17.1 Å². The summed E-state index contributed by atoms with van der Waals surface area (Å²) in [5.41, 5.74) is 3.93. The largest absolute Gasteiger partial charge is 0.457 e. The standard InChI is InChI=1S/C65H59N5O/c1-63(2,3)42-29-32-67-60(36-42)70-58-38-47(27-28-53(58)54-30-31-66-39-59(54)70)71-46-18-14-17-45(37-46)68-40-69-61-48(41-33-43(64(4,5)6)35-44(34-41)65(7,8)9)23-15-24-55(61)51-21-12-10-19-49(51)50-20-11-13-22-52(50)56-25-16-26-57(68)62(56)69/h10-39H,40H2,1-9H3/i4D3,5D3,6D3. The van der Waals surface area contributed by atoms with Crippen molar-refractivity contribution in [2.75, 3.05) is 4.90 Å². The second-order valence-corrected chi connectivity index (χ2v) is 20.9. The summed E-state index contributed by atoms with van der Waals surface area (Å²) in [5, 5.41) is 7.94. The van der Waals surface area contributed by atoms with Crippen LogP contribution in [0.1, 0.15) is 91.1 Å². The first kappa shape index (κ1) is 35.2. The Morgan fingerprint density at radius 1 is 0.493 bits per heavy atom. The Kier molecular flexibility index (Phi) is 8.08. The van der Waals surface area contributed by atoms with Gasteiger partial charge in [-0.15, -0.1) is 0 Å². The monoisotopic (exact) mass is 935 g/mol. The predicted octanol–water partition coefficient (Wildman–Crippen LogP) is 17.6. The Morgan fingerprint density at radius 3 is 1.82 bits per heavy atom. The molecule has 7 aromatic carbocycles. The zero-order chi connectivity index (χ0) is 56.5. The molecule has 0 radical (unpaired) electrons. The number of hydrogen-bond acceptors (Lipinski definition) is 4. The topological polar surface area (TPSA) is 48.1 Å². The highest BCUT2D eigenvalue weighted by Crippen LogP contribution is 2.46. The van der Waals surface area contributed by atoms with E-state index >= 15 is 0 Å². The van der Waals surface area contributed by atoms with Gasteiger partial charge in [0, 0.05) is 69.7 Å². The predicted molar refractivity (Wildman–Crippen MR) is 299 cm³/mol. The summed E-state index contributed by atoms with van der Waals surface area (Å²) in [6, 6.07) is 54.3. The van der Waals surface area contributed by atoms with Gasteiger partial charge in [0.15, 0.2) is 0 Å². The number of fused-ring (bicyclic) bond motifs is 10. The molecule has 1 aliphatic rings. The van der Waals surface area contributed by atoms with E-state index in [1.54, 1.807) is 0 Å². The van der Waals surface area contributed by atoms with Gasteiger partial charge >= 0.3 is 0 Å². The molecule has 0 spiro atoms. The molecule has 0 aliphatic carbocycles. The molecule has 0 amide bonds. The summed E-state index contributed by atoms with van der Waals surface area (Å²) in [7, 11) is 0. The normalized spacial score (nSPS) is 15.5. The van der Waals surface area contributed by atoms with E-state index in [0.717, 1.165) is 87.9 Å². The van der Waals surface area contributed by atoms with Crippen molar-refractivity contribution in [1.82, 2.24) is 19.1 Å². The number of rotatable bonds is 5. The van der Waals surface area contributed by atoms with Crippen molar-refractivity contribution in [3.8, 4) is 28.4 Å². The first-order chi connectivity index (χ1) is 37.8. The quantitative estimate of drug-likeness (QED) is 0.173. The molecule has 1 aliphatic heterocycles. The molecular formula is C65H59N5O. The maximum absolute atomic E-state index is 8.80. The third-order valence-electron chi connectivity index (χ3n) is 14.2. The fourth-order valence-corrected chi connectivity index (χ4v) is 10.6. The fraction of sp³-hybridized carbons (Fsp3) is 0.200. The van der Waals surface area contributed by atoms with Gasteiger partial charge in [0.2, 0.25) is 0 Å². The molecule has 0 unspecified atom stereocenters. The molecule has 0 saturated heterocycles. The van der Waals surface area contributed by atoms with Crippen LogP contribution in [0.2, 0.25) is 0 Å². The summed E-state index contributed by atoms with van der Waals surface area (Å²) in [5.74, 6) is 2.04. The van der Waals surface area contributed by atoms with Crippen LogP contribution in [0.4, 0.5) is 11.4 Å². The van der Waals surface area contributed by atoms with Gasteiger partial charge in [-0.25, -0.2) is 4.98 Å². The van der Waals surface area contributed by atoms with Crippen LogP contribution in [0.25, 0.3) is 82.1 Å². The van der Waals surface area contributed by atoms with E-state index in [1.807, 2.05) is 106 Å². The van der Waals surface area contributed by atoms with Gasteiger partial charge in [0.25, 0.3) is 0 Å². The van der Waals surface area contributed by atoms with Crippen LogP contribution >= 0.6 is 0 Å². The number of ether oxygens (including phenoxy) is 1. The molecule has 12 rings (SSSR count). The lowest BCUT2D eigenvalue weighted by atomic mass is 9.78. The third-order valence-corrected chi connectivity index (χ3v) is 14.2. The molecule has 6 nitrogen and oxygen atoms in total. The first-order valence-corrected chi connectivity index (χ1v) is 24.1. The lowest BCUT2D eigenvalue weighted by Crippen LogP contribution is -2.17. The van der Waals surface area contributed by atoms with Gasteiger partial charge in [-0.3, -0.25) is 9.55 Å². The van der Waals surface area contributed by atoms with E-state index in [9.17, 15) is 0 Å². The Hall–Kier alpha value is -7.96. The molecule has 0 saturated carbocycles. The van der Waals surface area contributed by atoms with Gasteiger partial charge in [-0.1, -0.05) is 165 Å². The highest BCUT2D eigenvalue weighted by molar-refractivity contribution is 6.22. The fourth-order valence-electron chi connectivity index (χ4n) is 10.6.